The van der Waals surface area contributed by atoms with Crippen molar-refractivity contribution in [3.05, 3.63) is 12.4 Å². The third kappa shape index (κ3) is 4.56. The number of carbonyl (C=O) groups is 1. The van der Waals surface area contributed by atoms with Gasteiger partial charge in [0, 0.05) is 31.7 Å². The number of nitrogens with one attached hydrogen (secondary N) is 3. The quantitative estimate of drug-likeness (QED) is 0.652. The lowest BCUT2D eigenvalue weighted by molar-refractivity contribution is -0.122. The molecule has 0 aromatic carbocycles. The second-order valence-corrected chi connectivity index (χ2v) is 5.84. The van der Waals surface area contributed by atoms with Gasteiger partial charge in [0.1, 0.15) is 18.0 Å². The second kappa shape index (κ2) is 7.40. The largest absolute Gasteiger partial charge is 0.379 e. The van der Waals surface area contributed by atoms with Crippen LogP contribution in [0.5, 0.6) is 0 Å². The van der Waals surface area contributed by atoms with Gasteiger partial charge < -0.3 is 20.7 Å². The maximum absolute atomic E-state index is 11.5. The van der Waals surface area contributed by atoms with Crippen LogP contribution in [0.15, 0.2) is 12.4 Å². The number of nitrogens with zero attached hydrogens (tertiary/aromatic N) is 2. The van der Waals surface area contributed by atoms with Crippen molar-refractivity contribution in [2.75, 3.05) is 36.9 Å². The Balaban J connectivity index is 1.41. The van der Waals surface area contributed by atoms with Crippen LogP contribution in [-0.2, 0) is 9.53 Å². The van der Waals surface area contributed by atoms with Crippen molar-refractivity contribution in [2.24, 2.45) is 5.92 Å². The highest BCUT2D eigenvalue weighted by Crippen LogP contribution is 2.28. The molecule has 2 aliphatic rings. The van der Waals surface area contributed by atoms with Crippen LogP contribution in [0.3, 0.4) is 0 Å². The Bertz CT molecular complexity index is 500. The van der Waals surface area contributed by atoms with Crippen molar-refractivity contribution < 1.29 is 9.53 Å². The van der Waals surface area contributed by atoms with Crippen molar-refractivity contribution >= 4 is 17.5 Å². The number of rotatable bonds is 7. The van der Waals surface area contributed by atoms with Gasteiger partial charge in [-0.25, -0.2) is 9.97 Å². The summed E-state index contributed by atoms with van der Waals surface area (Å²) in [6, 6.07) is 2.20. The normalized spacial score (nSPS) is 21.2. The minimum absolute atomic E-state index is 0.171. The third-order valence-corrected chi connectivity index (χ3v) is 3.86. The van der Waals surface area contributed by atoms with E-state index in [2.05, 4.69) is 25.9 Å². The number of hydrogen-bond acceptors (Lipinski definition) is 6. The molecule has 22 heavy (non-hydrogen) atoms. The van der Waals surface area contributed by atoms with E-state index in [1.54, 1.807) is 0 Å². The zero-order chi connectivity index (χ0) is 15.2. The molecule has 0 radical (unpaired) electrons. The molecule has 1 amide bonds. The Hall–Kier alpha value is -1.89. The Kier molecular flexibility index (Phi) is 5.05. The summed E-state index contributed by atoms with van der Waals surface area (Å²) in [4.78, 5) is 19.9. The van der Waals surface area contributed by atoms with E-state index in [9.17, 15) is 4.79 Å². The molecule has 1 aromatic heterocycles. The minimum Gasteiger partial charge on any atom is -0.379 e. The summed E-state index contributed by atoms with van der Waals surface area (Å²) >= 11 is 0. The van der Waals surface area contributed by atoms with Crippen molar-refractivity contribution in [3.8, 4) is 0 Å². The number of amides is 1. The van der Waals surface area contributed by atoms with Crippen molar-refractivity contribution in [3.63, 3.8) is 0 Å². The molecule has 1 saturated carbocycles. The Morgan fingerprint density at radius 1 is 1.23 bits per heavy atom. The SMILES string of the molecule is O=C(NCCNc1cc(N[C@@H]2CCCOC2)ncn1)C1CC1. The predicted molar refractivity (Wildman–Crippen MR) is 83.7 cm³/mol. The molecular weight excluding hydrogens is 282 g/mol. The molecule has 0 bridgehead atoms. The van der Waals surface area contributed by atoms with Crippen LogP contribution in [0.2, 0.25) is 0 Å². The summed E-state index contributed by atoms with van der Waals surface area (Å²) in [5.41, 5.74) is 0. The first kappa shape index (κ1) is 15.0. The van der Waals surface area contributed by atoms with Gasteiger partial charge in [0.2, 0.25) is 5.91 Å². The number of carbonyl (C=O) groups excluding carboxylic acids is 1. The van der Waals surface area contributed by atoms with E-state index in [0.29, 0.717) is 19.1 Å². The molecule has 3 rings (SSSR count). The lowest BCUT2D eigenvalue weighted by Gasteiger charge is -2.23. The van der Waals surface area contributed by atoms with Crippen LogP contribution >= 0.6 is 0 Å². The van der Waals surface area contributed by atoms with Gasteiger partial charge in [0.05, 0.1) is 12.6 Å². The Morgan fingerprint density at radius 3 is 2.86 bits per heavy atom. The van der Waals surface area contributed by atoms with E-state index in [1.807, 2.05) is 6.07 Å². The summed E-state index contributed by atoms with van der Waals surface area (Å²) < 4.78 is 5.45. The van der Waals surface area contributed by atoms with Gasteiger partial charge in [-0.2, -0.15) is 0 Å². The van der Waals surface area contributed by atoms with E-state index in [-0.39, 0.29) is 11.8 Å². The molecule has 1 aliphatic heterocycles. The average Bonchev–Trinajstić information content (AvgIpc) is 3.38. The molecule has 1 saturated heterocycles. The summed E-state index contributed by atoms with van der Waals surface area (Å²) in [6.45, 7) is 2.83. The Labute approximate surface area is 130 Å². The fourth-order valence-electron chi connectivity index (χ4n) is 2.46. The van der Waals surface area contributed by atoms with Gasteiger partial charge in [0.15, 0.2) is 0 Å². The minimum atomic E-state index is 0.171. The maximum atomic E-state index is 11.5. The summed E-state index contributed by atoms with van der Waals surface area (Å²) in [5.74, 6) is 1.99. The molecule has 1 aromatic rings. The molecular formula is C15H23N5O2. The van der Waals surface area contributed by atoms with Gasteiger partial charge >= 0.3 is 0 Å². The summed E-state index contributed by atoms with van der Waals surface area (Å²) in [5, 5.41) is 9.49. The summed E-state index contributed by atoms with van der Waals surface area (Å²) in [7, 11) is 0. The fraction of sp³-hybridized carbons (Fsp3) is 0.667. The van der Waals surface area contributed by atoms with Gasteiger partial charge in [-0.05, 0) is 25.7 Å². The van der Waals surface area contributed by atoms with Gasteiger partial charge in [-0.1, -0.05) is 0 Å². The first-order valence-electron chi connectivity index (χ1n) is 7.99. The highest BCUT2D eigenvalue weighted by Gasteiger charge is 2.28. The molecule has 0 unspecified atom stereocenters. The van der Waals surface area contributed by atoms with Crippen LogP contribution in [-0.4, -0.2) is 48.2 Å². The highest BCUT2D eigenvalue weighted by atomic mass is 16.5. The molecule has 1 aliphatic carbocycles. The molecule has 1 atom stereocenters. The van der Waals surface area contributed by atoms with Gasteiger partial charge in [-0.3, -0.25) is 4.79 Å². The number of ether oxygens (including phenoxy) is 1. The topological polar surface area (TPSA) is 88.2 Å². The fourth-order valence-corrected chi connectivity index (χ4v) is 2.46. The molecule has 120 valence electrons. The molecule has 0 spiro atoms. The van der Waals surface area contributed by atoms with Crippen molar-refractivity contribution in [1.29, 1.82) is 0 Å². The van der Waals surface area contributed by atoms with Gasteiger partial charge in [-0.15, -0.1) is 0 Å². The van der Waals surface area contributed by atoms with E-state index in [0.717, 1.165) is 50.5 Å². The van der Waals surface area contributed by atoms with E-state index >= 15 is 0 Å². The van der Waals surface area contributed by atoms with Crippen molar-refractivity contribution in [1.82, 2.24) is 15.3 Å². The second-order valence-electron chi connectivity index (χ2n) is 5.84. The van der Waals surface area contributed by atoms with Crippen LogP contribution in [0.4, 0.5) is 11.6 Å². The van der Waals surface area contributed by atoms with E-state index in [1.165, 1.54) is 6.33 Å². The third-order valence-electron chi connectivity index (χ3n) is 3.86. The monoisotopic (exact) mass is 305 g/mol. The highest BCUT2D eigenvalue weighted by molar-refractivity contribution is 5.80. The van der Waals surface area contributed by atoms with Crippen LogP contribution < -0.4 is 16.0 Å². The lowest BCUT2D eigenvalue weighted by atomic mass is 10.1. The molecule has 2 heterocycles. The first-order chi connectivity index (χ1) is 10.8. The molecule has 7 heteroatoms. The van der Waals surface area contributed by atoms with E-state index < -0.39 is 0 Å². The number of aromatic nitrogens is 2. The van der Waals surface area contributed by atoms with Crippen LogP contribution in [0, 0.1) is 5.92 Å². The zero-order valence-electron chi connectivity index (χ0n) is 12.7. The van der Waals surface area contributed by atoms with Crippen LogP contribution in [0.25, 0.3) is 0 Å². The molecule has 7 nitrogen and oxygen atoms in total. The molecule has 2 fully saturated rings. The van der Waals surface area contributed by atoms with Crippen molar-refractivity contribution in [2.45, 2.75) is 31.7 Å². The van der Waals surface area contributed by atoms with Gasteiger partial charge in [0.25, 0.3) is 0 Å². The number of hydrogen-bond donors (Lipinski definition) is 3. The Morgan fingerprint density at radius 2 is 2.09 bits per heavy atom. The predicted octanol–water partition coefficient (Wildman–Crippen LogP) is 1.01. The first-order valence-corrected chi connectivity index (χ1v) is 7.99. The summed E-state index contributed by atoms with van der Waals surface area (Å²) in [6.07, 6.45) is 5.78. The van der Waals surface area contributed by atoms with Crippen LogP contribution in [0.1, 0.15) is 25.7 Å². The lowest BCUT2D eigenvalue weighted by Crippen LogP contribution is -2.30. The average molecular weight is 305 g/mol. The van der Waals surface area contributed by atoms with E-state index in [4.69, 9.17) is 4.74 Å². The zero-order valence-corrected chi connectivity index (χ0v) is 12.7. The standard InChI is InChI=1S/C15H23N5O2/c21-15(11-3-4-11)17-6-5-16-13-8-14(19-10-18-13)20-12-2-1-7-22-9-12/h8,10-12H,1-7,9H2,(H,17,21)(H2,16,18,19,20)/t12-/m1/s1. The smallest absolute Gasteiger partial charge is 0.223 e. The molecule has 3 N–H and O–H groups in total. The number of anilines is 2. The maximum Gasteiger partial charge on any atom is 0.223 e.